The van der Waals surface area contributed by atoms with E-state index in [1.54, 1.807) is 0 Å². The topological polar surface area (TPSA) is 42.2 Å². The van der Waals surface area contributed by atoms with Crippen molar-refractivity contribution in [3.05, 3.63) is 11.8 Å². The monoisotopic (exact) mass is 193 g/mol. The van der Waals surface area contributed by atoms with Crippen LogP contribution < -0.4 is 0 Å². The SMILES string of the molecule is CCc1nnc(C2C3CN(C)CC32)o1. The van der Waals surface area contributed by atoms with Crippen LogP contribution in [0, 0.1) is 11.8 Å². The van der Waals surface area contributed by atoms with Gasteiger partial charge in [-0.05, 0) is 18.9 Å². The van der Waals surface area contributed by atoms with E-state index in [0.29, 0.717) is 5.92 Å². The summed E-state index contributed by atoms with van der Waals surface area (Å²) in [5.41, 5.74) is 0. The molecule has 0 N–H and O–H groups in total. The van der Waals surface area contributed by atoms with Crippen LogP contribution in [0.1, 0.15) is 24.6 Å². The van der Waals surface area contributed by atoms with Gasteiger partial charge in [0.15, 0.2) is 0 Å². The number of hydrogen-bond donors (Lipinski definition) is 0. The molecule has 0 radical (unpaired) electrons. The van der Waals surface area contributed by atoms with Crippen LogP contribution >= 0.6 is 0 Å². The molecule has 0 spiro atoms. The second kappa shape index (κ2) is 2.79. The quantitative estimate of drug-likeness (QED) is 0.700. The molecule has 1 aromatic rings. The van der Waals surface area contributed by atoms with Gasteiger partial charge in [0.1, 0.15) is 0 Å². The summed E-state index contributed by atoms with van der Waals surface area (Å²) in [5.74, 6) is 3.79. The molecule has 0 amide bonds. The Labute approximate surface area is 83.3 Å². The lowest BCUT2D eigenvalue weighted by molar-refractivity contribution is 0.344. The van der Waals surface area contributed by atoms with E-state index in [2.05, 4.69) is 22.1 Å². The Kier molecular flexibility index (Phi) is 1.68. The van der Waals surface area contributed by atoms with E-state index in [4.69, 9.17) is 4.42 Å². The van der Waals surface area contributed by atoms with Gasteiger partial charge in [-0.15, -0.1) is 10.2 Å². The summed E-state index contributed by atoms with van der Waals surface area (Å²) in [4.78, 5) is 2.38. The van der Waals surface area contributed by atoms with Gasteiger partial charge in [-0.25, -0.2) is 0 Å². The van der Waals surface area contributed by atoms with Crippen molar-refractivity contribution in [1.29, 1.82) is 0 Å². The van der Waals surface area contributed by atoms with Gasteiger partial charge in [-0.2, -0.15) is 0 Å². The van der Waals surface area contributed by atoms with E-state index < -0.39 is 0 Å². The fraction of sp³-hybridized carbons (Fsp3) is 0.800. The molecule has 2 aliphatic rings. The highest BCUT2D eigenvalue weighted by Gasteiger charge is 2.58. The molecular formula is C10H15N3O. The molecule has 3 rings (SSSR count). The molecule has 4 nitrogen and oxygen atoms in total. The number of nitrogens with zero attached hydrogens (tertiary/aromatic N) is 3. The number of piperidine rings is 1. The van der Waals surface area contributed by atoms with Crippen LogP contribution in [0.3, 0.4) is 0 Å². The Morgan fingerprint density at radius 1 is 1.36 bits per heavy atom. The molecule has 1 saturated carbocycles. The van der Waals surface area contributed by atoms with Gasteiger partial charge in [0, 0.05) is 25.4 Å². The molecule has 4 heteroatoms. The lowest BCUT2D eigenvalue weighted by Gasteiger charge is -2.10. The smallest absolute Gasteiger partial charge is 0.220 e. The predicted molar refractivity (Wildman–Crippen MR) is 50.9 cm³/mol. The van der Waals surface area contributed by atoms with Crippen molar-refractivity contribution in [3.8, 4) is 0 Å². The Bertz CT molecular complexity index is 337. The number of aromatic nitrogens is 2. The standard InChI is InChI=1S/C10H15N3O/c1-3-8-11-12-10(14-8)9-6-4-13(2)5-7(6)9/h6-7,9H,3-5H2,1-2H3. The van der Waals surface area contributed by atoms with Crippen LogP contribution in [0.5, 0.6) is 0 Å². The molecule has 2 fully saturated rings. The van der Waals surface area contributed by atoms with E-state index in [1.165, 1.54) is 13.1 Å². The Morgan fingerprint density at radius 3 is 2.64 bits per heavy atom. The minimum absolute atomic E-state index is 0.569. The summed E-state index contributed by atoms with van der Waals surface area (Å²) in [6.45, 7) is 4.43. The van der Waals surface area contributed by atoms with Gasteiger partial charge in [-0.1, -0.05) is 6.92 Å². The van der Waals surface area contributed by atoms with Gasteiger partial charge in [0.25, 0.3) is 0 Å². The molecule has 1 aliphatic carbocycles. The third-order valence-electron chi connectivity index (χ3n) is 3.45. The van der Waals surface area contributed by atoms with Crippen LogP contribution in [-0.2, 0) is 6.42 Å². The van der Waals surface area contributed by atoms with Crippen LogP contribution in [-0.4, -0.2) is 35.2 Å². The van der Waals surface area contributed by atoms with Gasteiger partial charge >= 0.3 is 0 Å². The molecular weight excluding hydrogens is 178 g/mol. The fourth-order valence-electron chi connectivity index (χ4n) is 2.65. The first-order valence-electron chi connectivity index (χ1n) is 5.30. The van der Waals surface area contributed by atoms with E-state index in [0.717, 1.165) is 30.0 Å². The van der Waals surface area contributed by atoms with Crippen molar-refractivity contribution in [2.24, 2.45) is 11.8 Å². The summed E-state index contributed by atoms with van der Waals surface area (Å²) in [6, 6.07) is 0. The van der Waals surface area contributed by atoms with Gasteiger partial charge in [0.05, 0.1) is 0 Å². The van der Waals surface area contributed by atoms with Crippen molar-refractivity contribution in [2.45, 2.75) is 19.3 Å². The van der Waals surface area contributed by atoms with Crippen LogP contribution in [0.15, 0.2) is 4.42 Å². The van der Waals surface area contributed by atoms with Crippen molar-refractivity contribution >= 4 is 0 Å². The maximum absolute atomic E-state index is 5.59. The van der Waals surface area contributed by atoms with Crippen molar-refractivity contribution in [1.82, 2.24) is 15.1 Å². The molecule has 2 heterocycles. The highest BCUT2D eigenvalue weighted by atomic mass is 16.4. The molecule has 2 atom stereocenters. The molecule has 1 saturated heterocycles. The summed E-state index contributed by atoms with van der Waals surface area (Å²) < 4.78 is 5.59. The second-order valence-corrected chi connectivity index (χ2v) is 4.46. The van der Waals surface area contributed by atoms with E-state index >= 15 is 0 Å². The summed E-state index contributed by atoms with van der Waals surface area (Å²) in [6.07, 6.45) is 0.842. The molecule has 1 aliphatic heterocycles. The van der Waals surface area contributed by atoms with Crippen LogP contribution in [0.25, 0.3) is 0 Å². The predicted octanol–water partition coefficient (Wildman–Crippen LogP) is 0.907. The minimum atomic E-state index is 0.569. The van der Waals surface area contributed by atoms with Crippen LogP contribution in [0.4, 0.5) is 0 Å². The second-order valence-electron chi connectivity index (χ2n) is 4.46. The highest BCUT2D eigenvalue weighted by molar-refractivity contribution is 5.17. The molecule has 2 unspecified atom stereocenters. The Balaban J connectivity index is 1.74. The van der Waals surface area contributed by atoms with Gasteiger partial charge in [-0.3, -0.25) is 0 Å². The maximum atomic E-state index is 5.59. The first-order chi connectivity index (χ1) is 6.79. The lowest BCUT2D eigenvalue weighted by Crippen LogP contribution is -2.18. The van der Waals surface area contributed by atoms with Gasteiger partial charge in [0.2, 0.25) is 11.8 Å². The normalized spacial score (nSPS) is 36.0. The minimum Gasteiger partial charge on any atom is -0.425 e. The van der Waals surface area contributed by atoms with Crippen molar-refractivity contribution < 1.29 is 4.42 Å². The Morgan fingerprint density at radius 2 is 2.07 bits per heavy atom. The van der Waals surface area contributed by atoms with E-state index in [1.807, 2.05) is 6.92 Å². The van der Waals surface area contributed by atoms with Crippen LogP contribution in [0.2, 0.25) is 0 Å². The summed E-state index contributed by atoms with van der Waals surface area (Å²) in [5, 5.41) is 8.13. The maximum Gasteiger partial charge on any atom is 0.220 e. The zero-order valence-electron chi connectivity index (χ0n) is 8.60. The molecule has 0 aromatic carbocycles. The molecule has 0 bridgehead atoms. The zero-order valence-corrected chi connectivity index (χ0v) is 8.60. The third kappa shape index (κ3) is 1.10. The summed E-state index contributed by atoms with van der Waals surface area (Å²) >= 11 is 0. The zero-order chi connectivity index (χ0) is 9.71. The van der Waals surface area contributed by atoms with Gasteiger partial charge < -0.3 is 9.32 Å². The first-order valence-corrected chi connectivity index (χ1v) is 5.30. The average Bonchev–Trinajstić information content (AvgIpc) is 2.62. The largest absolute Gasteiger partial charge is 0.425 e. The third-order valence-corrected chi connectivity index (χ3v) is 3.45. The average molecular weight is 193 g/mol. The molecule has 14 heavy (non-hydrogen) atoms. The number of likely N-dealkylation sites (tertiary alicyclic amines) is 1. The fourth-order valence-corrected chi connectivity index (χ4v) is 2.65. The van der Waals surface area contributed by atoms with Crippen molar-refractivity contribution in [2.75, 3.05) is 20.1 Å². The van der Waals surface area contributed by atoms with E-state index in [-0.39, 0.29) is 0 Å². The lowest BCUT2D eigenvalue weighted by atomic mass is 10.3. The van der Waals surface area contributed by atoms with Crippen molar-refractivity contribution in [3.63, 3.8) is 0 Å². The Hall–Kier alpha value is -0.900. The number of rotatable bonds is 2. The number of hydrogen-bond acceptors (Lipinski definition) is 4. The van der Waals surface area contributed by atoms with E-state index in [9.17, 15) is 0 Å². The number of fused-ring (bicyclic) bond motifs is 1. The highest BCUT2D eigenvalue weighted by Crippen LogP contribution is 2.57. The first kappa shape index (κ1) is 8.41. The number of aryl methyl sites for hydroxylation is 1. The molecule has 1 aromatic heterocycles. The molecule has 76 valence electrons. The summed E-state index contributed by atoms with van der Waals surface area (Å²) in [7, 11) is 2.18.